The molecule has 4 aromatic carbocycles. The Labute approximate surface area is 175 Å². The van der Waals surface area contributed by atoms with Crippen molar-refractivity contribution < 1.29 is 18.0 Å². The summed E-state index contributed by atoms with van der Waals surface area (Å²) in [7, 11) is 0. The van der Waals surface area contributed by atoms with Crippen LogP contribution in [0, 0.1) is 0 Å². The van der Waals surface area contributed by atoms with Crippen LogP contribution in [0.15, 0.2) is 95.6 Å². The predicted octanol–water partition coefficient (Wildman–Crippen LogP) is 6.34. The standard InChI is InChI=1S/C25H15F3N2O/c26-25(27,28)23-22(24(31)30(29-23)18-10-2-1-3-11-18)15-21-19-12-6-4-8-16(19)14-17-9-5-7-13-20(17)21/h1-15H/b22-15-. The molecule has 31 heavy (non-hydrogen) atoms. The van der Waals surface area contributed by atoms with Gasteiger partial charge in [-0.1, -0.05) is 66.7 Å². The average Bonchev–Trinajstić information content (AvgIpc) is 3.11. The van der Waals surface area contributed by atoms with Gasteiger partial charge in [0.1, 0.15) is 0 Å². The topological polar surface area (TPSA) is 32.7 Å². The number of fused-ring (bicyclic) bond motifs is 2. The van der Waals surface area contributed by atoms with Crippen molar-refractivity contribution in [3.8, 4) is 0 Å². The summed E-state index contributed by atoms with van der Waals surface area (Å²) in [5, 5.41) is 7.75. The fourth-order valence-electron chi connectivity index (χ4n) is 3.85. The molecule has 0 atom stereocenters. The molecule has 1 aliphatic rings. The summed E-state index contributed by atoms with van der Waals surface area (Å²) in [6, 6.07) is 25.0. The second kappa shape index (κ2) is 7.09. The molecule has 1 amide bonds. The van der Waals surface area contributed by atoms with E-state index in [1.165, 1.54) is 6.08 Å². The summed E-state index contributed by atoms with van der Waals surface area (Å²) >= 11 is 0. The van der Waals surface area contributed by atoms with Crippen LogP contribution in [-0.2, 0) is 4.79 Å². The molecule has 3 nitrogen and oxygen atoms in total. The number of carbonyl (C=O) groups excluding carboxylic acids is 1. The second-order valence-electron chi connectivity index (χ2n) is 7.19. The third-order valence-corrected chi connectivity index (χ3v) is 5.25. The van der Waals surface area contributed by atoms with Crippen LogP contribution in [0.4, 0.5) is 18.9 Å². The average molecular weight is 416 g/mol. The number of alkyl halides is 3. The Balaban J connectivity index is 1.77. The highest BCUT2D eigenvalue weighted by Crippen LogP contribution is 2.35. The molecule has 5 rings (SSSR count). The smallest absolute Gasteiger partial charge is 0.267 e. The van der Waals surface area contributed by atoms with Gasteiger partial charge in [0, 0.05) is 0 Å². The van der Waals surface area contributed by atoms with E-state index in [1.807, 2.05) is 54.6 Å². The van der Waals surface area contributed by atoms with Gasteiger partial charge in [-0.15, -0.1) is 0 Å². The fourth-order valence-corrected chi connectivity index (χ4v) is 3.85. The number of para-hydroxylation sites is 1. The number of hydrogen-bond donors (Lipinski definition) is 0. The number of hydrogen-bond acceptors (Lipinski definition) is 2. The minimum absolute atomic E-state index is 0.278. The van der Waals surface area contributed by atoms with Crippen molar-refractivity contribution >= 4 is 44.9 Å². The van der Waals surface area contributed by atoms with Gasteiger partial charge < -0.3 is 0 Å². The molecule has 0 aromatic heterocycles. The molecule has 152 valence electrons. The van der Waals surface area contributed by atoms with Crippen LogP contribution >= 0.6 is 0 Å². The maximum Gasteiger partial charge on any atom is 0.435 e. The molecule has 1 heterocycles. The minimum atomic E-state index is -4.77. The number of carbonyl (C=O) groups is 1. The molecule has 1 aliphatic heterocycles. The Morgan fingerprint density at radius 1 is 0.774 bits per heavy atom. The number of nitrogens with zero attached hydrogens (tertiary/aromatic N) is 2. The summed E-state index contributed by atoms with van der Waals surface area (Å²) in [5.41, 5.74) is -0.833. The van der Waals surface area contributed by atoms with Gasteiger partial charge in [-0.2, -0.15) is 23.3 Å². The summed E-state index contributed by atoms with van der Waals surface area (Å²) in [6.45, 7) is 0. The van der Waals surface area contributed by atoms with Crippen LogP contribution in [0.1, 0.15) is 5.56 Å². The highest BCUT2D eigenvalue weighted by atomic mass is 19.4. The van der Waals surface area contributed by atoms with Gasteiger partial charge in [0.25, 0.3) is 5.91 Å². The van der Waals surface area contributed by atoms with Crippen molar-refractivity contribution in [3.05, 3.63) is 96.1 Å². The monoisotopic (exact) mass is 416 g/mol. The highest BCUT2D eigenvalue weighted by Gasteiger charge is 2.46. The molecule has 4 aromatic rings. The fraction of sp³-hybridized carbons (Fsp3) is 0.0400. The van der Waals surface area contributed by atoms with Gasteiger partial charge in [-0.3, -0.25) is 4.79 Å². The zero-order chi connectivity index (χ0) is 21.6. The van der Waals surface area contributed by atoms with Crippen molar-refractivity contribution in [2.24, 2.45) is 5.10 Å². The van der Waals surface area contributed by atoms with Crippen molar-refractivity contribution in [3.63, 3.8) is 0 Å². The second-order valence-corrected chi connectivity index (χ2v) is 7.19. The summed E-state index contributed by atoms with van der Waals surface area (Å²) in [4.78, 5) is 13.1. The predicted molar refractivity (Wildman–Crippen MR) is 117 cm³/mol. The molecule has 0 spiro atoms. The molecule has 0 unspecified atom stereocenters. The van der Waals surface area contributed by atoms with E-state index < -0.39 is 23.4 Å². The van der Waals surface area contributed by atoms with E-state index in [0.717, 1.165) is 26.6 Å². The molecule has 0 saturated heterocycles. The molecule has 0 radical (unpaired) electrons. The van der Waals surface area contributed by atoms with Crippen LogP contribution in [0.3, 0.4) is 0 Å². The Bertz CT molecular complexity index is 1330. The van der Waals surface area contributed by atoms with E-state index in [4.69, 9.17) is 0 Å². The Morgan fingerprint density at radius 2 is 1.32 bits per heavy atom. The number of hydrazone groups is 1. The first kappa shape index (κ1) is 19.1. The number of benzene rings is 4. The van der Waals surface area contributed by atoms with E-state index >= 15 is 0 Å². The van der Waals surface area contributed by atoms with Gasteiger partial charge in [0.2, 0.25) is 0 Å². The normalized spacial score (nSPS) is 15.8. The molecule has 0 aliphatic carbocycles. The Kier molecular flexibility index (Phi) is 4.36. The van der Waals surface area contributed by atoms with Gasteiger partial charge >= 0.3 is 6.18 Å². The summed E-state index contributed by atoms with van der Waals surface area (Å²) < 4.78 is 41.6. The minimum Gasteiger partial charge on any atom is -0.267 e. The summed E-state index contributed by atoms with van der Waals surface area (Å²) in [6.07, 6.45) is -3.45. The number of halogens is 3. The molecule has 0 bridgehead atoms. The Hall–Kier alpha value is -3.93. The van der Waals surface area contributed by atoms with Crippen molar-refractivity contribution in [2.75, 3.05) is 5.01 Å². The molecular weight excluding hydrogens is 401 g/mol. The zero-order valence-electron chi connectivity index (χ0n) is 16.1. The zero-order valence-corrected chi connectivity index (χ0v) is 16.1. The van der Waals surface area contributed by atoms with Gasteiger partial charge in [-0.05, 0) is 51.4 Å². The third-order valence-electron chi connectivity index (χ3n) is 5.25. The van der Waals surface area contributed by atoms with Gasteiger partial charge in [0.15, 0.2) is 5.71 Å². The maximum atomic E-state index is 13.9. The van der Waals surface area contributed by atoms with Crippen molar-refractivity contribution in [1.82, 2.24) is 0 Å². The van der Waals surface area contributed by atoms with E-state index in [0.29, 0.717) is 5.56 Å². The van der Waals surface area contributed by atoms with Crippen LogP contribution in [0.25, 0.3) is 27.6 Å². The lowest BCUT2D eigenvalue weighted by Gasteiger charge is -2.12. The van der Waals surface area contributed by atoms with Gasteiger partial charge in [-0.25, -0.2) is 0 Å². The largest absolute Gasteiger partial charge is 0.435 e. The van der Waals surface area contributed by atoms with E-state index in [1.54, 1.807) is 30.3 Å². The Morgan fingerprint density at radius 3 is 1.90 bits per heavy atom. The van der Waals surface area contributed by atoms with E-state index in [2.05, 4.69) is 5.10 Å². The first-order valence-corrected chi connectivity index (χ1v) is 9.61. The van der Waals surface area contributed by atoms with Crippen LogP contribution < -0.4 is 5.01 Å². The van der Waals surface area contributed by atoms with E-state index in [9.17, 15) is 18.0 Å². The van der Waals surface area contributed by atoms with Crippen LogP contribution in [-0.4, -0.2) is 17.8 Å². The molecule has 0 fully saturated rings. The number of anilines is 1. The molecule has 0 N–H and O–H groups in total. The van der Waals surface area contributed by atoms with Crippen molar-refractivity contribution in [2.45, 2.75) is 6.18 Å². The molecule has 6 heteroatoms. The highest BCUT2D eigenvalue weighted by molar-refractivity contribution is 6.35. The van der Waals surface area contributed by atoms with Crippen LogP contribution in [0.5, 0.6) is 0 Å². The SMILES string of the molecule is O=C1/C(=C\c2c3ccccc3cc3ccccc23)C(C(F)(F)F)=NN1c1ccccc1. The third kappa shape index (κ3) is 3.26. The van der Waals surface area contributed by atoms with Crippen molar-refractivity contribution in [1.29, 1.82) is 0 Å². The molecular formula is C25H15F3N2O. The number of rotatable bonds is 2. The lowest BCUT2D eigenvalue weighted by molar-refractivity contribution is -0.114. The lowest BCUT2D eigenvalue weighted by atomic mass is 9.94. The first-order valence-electron chi connectivity index (χ1n) is 9.61. The summed E-state index contributed by atoms with van der Waals surface area (Å²) in [5.74, 6) is -0.810. The lowest BCUT2D eigenvalue weighted by Crippen LogP contribution is -2.25. The molecule has 0 saturated carbocycles. The quantitative estimate of drug-likeness (QED) is 0.277. The van der Waals surface area contributed by atoms with Gasteiger partial charge in [0.05, 0.1) is 11.3 Å². The van der Waals surface area contributed by atoms with E-state index in [-0.39, 0.29) is 5.69 Å². The first-order chi connectivity index (χ1) is 14.9. The van der Waals surface area contributed by atoms with Crippen LogP contribution in [0.2, 0.25) is 0 Å². The maximum absolute atomic E-state index is 13.9. The number of amides is 1.